The van der Waals surface area contributed by atoms with Crippen LogP contribution in [0.3, 0.4) is 0 Å². The van der Waals surface area contributed by atoms with Crippen LogP contribution in [0.25, 0.3) is 0 Å². The molecule has 0 spiro atoms. The summed E-state index contributed by atoms with van der Waals surface area (Å²) in [4.78, 5) is -1.01. The number of sulfonamides is 1. The van der Waals surface area contributed by atoms with E-state index in [2.05, 4.69) is 5.10 Å². The van der Waals surface area contributed by atoms with Crippen LogP contribution in [0.2, 0.25) is 0 Å². The number of benzene rings is 1. The monoisotopic (exact) mass is 316 g/mol. The summed E-state index contributed by atoms with van der Waals surface area (Å²) in [5, 5.41) is 3.90. The normalized spacial score (nSPS) is 12.0. The van der Waals surface area contributed by atoms with E-state index in [4.69, 9.17) is 5.73 Å². The lowest BCUT2D eigenvalue weighted by atomic mass is 10.3. The van der Waals surface area contributed by atoms with Crippen molar-refractivity contribution in [1.82, 2.24) is 14.1 Å². The molecule has 0 aliphatic carbocycles. The van der Waals surface area contributed by atoms with Gasteiger partial charge >= 0.3 is 0 Å². The van der Waals surface area contributed by atoms with Crippen molar-refractivity contribution >= 4 is 15.7 Å². The summed E-state index contributed by atoms with van der Waals surface area (Å²) in [6.07, 6.45) is 3.09. The average Bonchev–Trinajstić information content (AvgIpc) is 2.72. The van der Waals surface area contributed by atoms with Gasteiger partial charge in [0.25, 0.3) is 0 Å². The molecule has 1 aromatic carbocycles. The third-order valence-electron chi connectivity index (χ3n) is 2.85. The van der Waals surface area contributed by atoms with Gasteiger partial charge in [0, 0.05) is 38.1 Å². The van der Waals surface area contributed by atoms with Crippen molar-refractivity contribution in [3.63, 3.8) is 0 Å². The zero-order valence-corrected chi connectivity index (χ0v) is 12.2. The number of halogens is 2. The minimum Gasteiger partial charge on any atom is -0.399 e. The minimum absolute atomic E-state index is 0.0561. The number of nitrogens with zero attached hydrogens (tertiary/aromatic N) is 3. The Morgan fingerprint density at radius 1 is 1.33 bits per heavy atom. The zero-order chi connectivity index (χ0) is 15.8. The zero-order valence-electron chi connectivity index (χ0n) is 11.4. The Morgan fingerprint density at radius 3 is 2.38 bits per heavy atom. The molecule has 0 bridgehead atoms. The molecule has 0 unspecified atom stereocenters. The lowest BCUT2D eigenvalue weighted by Gasteiger charge is -2.17. The molecule has 2 rings (SSSR count). The maximum atomic E-state index is 13.8. The van der Waals surface area contributed by atoms with Crippen molar-refractivity contribution in [1.29, 1.82) is 0 Å². The molecule has 0 amide bonds. The largest absolute Gasteiger partial charge is 0.399 e. The van der Waals surface area contributed by atoms with Gasteiger partial charge in [-0.05, 0) is 12.1 Å². The maximum absolute atomic E-state index is 13.8. The van der Waals surface area contributed by atoms with Crippen LogP contribution in [0, 0.1) is 11.6 Å². The number of anilines is 1. The summed E-state index contributed by atoms with van der Waals surface area (Å²) in [5.74, 6) is -2.43. The highest BCUT2D eigenvalue weighted by Gasteiger charge is 2.29. The minimum atomic E-state index is -4.32. The first-order valence-corrected chi connectivity index (χ1v) is 7.34. The second-order valence-corrected chi connectivity index (χ2v) is 6.58. The van der Waals surface area contributed by atoms with E-state index in [9.17, 15) is 17.2 Å². The van der Waals surface area contributed by atoms with Crippen LogP contribution in [-0.4, -0.2) is 29.6 Å². The molecule has 0 saturated heterocycles. The molecule has 0 fully saturated rings. The molecule has 0 aliphatic heterocycles. The highest BCUT2D eigenvalue weighted by molar-refractivity contribution is 7.89. The topological polar surface area (TPSA) is 81.2 Å². The van der Waals surface area contributed by atoms with Crippen LogP contribution in [0.5, 0.6) is 0 Å². The van der Waals surface area contributed by atoms with E-state index in [-0.39, 0.29) is 12.2 Å². The van der Waals surface area contributed by atoms with Gasteiger partial charge in [-0.1, -0.05) is 0 Å². The Kier molecular flexibility index (Phi) is 3.97. The fourth-order valence-electron chi connectivity index (χ4n) is 1.88. The molecule has 0 atom stereocenters. The summed E-state index contributed by atoms with van der Waals surface area (Å²) < 4.78 is 54.4. The van der Waals surface area contributed by atoms with Gasteiger partial charge in [-0.15, -0.1) is 0 Å². The van der Waals surface area contributed by atoms with E-state index in [0.717, 1.165) is 16.4 Å². The van der Waals surface area contributed by atoms with Gasteiger partial charge in [0.2, 0.25) is 10.0 Å². The Labute approximate surface area is 120 Å². The van der Waals surface area contributed by atoms with Crippen LogP contribution < -0.4 is 5.73 Å². The summed E-state index contributed by atoms with van der Waals surface area (Å²) in [5.41, 5.74) is 5.69. The number of rotatable bonds is 4. The van der Waals surface area contributed by atoms with E-state index < -0.39 is 26.6 Å². The van der Waals surface area contributed by atoms with Crippen molar-refractivity contribution in [3.05, 3.63) is 41.7 Å². The van der Waals surface area contributed by atoms with E-state index in [1.807, 2.05) is 0 Å². The van der Waals surface area contributed by atoms with E-state index >= 15 is 0 Å². The van der Waals surface area contributed by atoms with Crippen LogP contribution in [0.15, 0.2) is 29.4 Å². The summed E-state index contributed by atoms with van der Waals surface area (Å²) in [6.45, 7) is -0.0561. The van der Waals surface area contributed by atoms with E-state index in [1.165, 1.54) is 17.9 Å². The van der Waals surface area contributed by atoms with Gasteiger partial charge < -0.3 is 5.73 Å². The van der Waals surface area contributed by atoms with Crippen molar-refractivity contribution in [2.75, 3.05) is 12.8 Å². The smallest absolute Gasteiger partial charge is 0.248 e. The second-order valence-electron chi connectivity index (χ2n) is 4.60. The average molecular weight is 316 g/mol. The predicted octanol–water partition coefficient (Wildman–Crippen LogP) is 1.10. The number of hydrogen-bond donors (Lipinski definition) is 1. The van der Waals surface area contributed by atoms with Crippen LogP contribution in [-0.2, 0) is 23.6 Å². The first-order valence-electron chi connectivity index (χ1n) is 5.90. The third kappa shape index (κ3) is 3.03. The van der Waals surface area contributed by atoms with Crippen molar-refractivity contribution < 1.29 is 17.2 Å². The molecule has 0 radical (unpaired) electrons. The van der Waals surface area contributed by atoms with E-state index in [0.29, 0.717) is 5.56 Å². The van der Waals surface area contributed by atoms with Crippen LogP contribution >= 0.6 is 0 Å². The molecular weight excluding hydrogens is 302 g/mol. The second kappa shape index (κ2) is 5.41. The van der Waals surface area contributed by atoms with Crippen molar-refractivity contribution in [3.8, 4) is 0 Å². The van der Waals surface area contributed by atoms with Crippen molar-refractivity contribution in [2.45, 2.75) is 11.4 Å². The Bertz CT molecular complexity index is 750. The molecule has 21 heavy (non-hydrogen) atoms. The summed E-state index contributed by atoms with van der Waals surface area (Å²) in [6, 6.07) is 1.54. The molecule has 1 aromatic heterocycles. The summed E-state index contributed by atoms with van der Waals surface area (Å²) >= 11 is 0. The Balaban J connectivity index is 2.38. The SMILES string of the molecule is CN(Cc1cnn(C)c1)S(=O)(=O)c1c(F)cc(N)cc1F. The number of hydrogen-bond acceptors (Lipinski definition) is 4. The quantitative estimate of drug-likeness (QED) is 0.857. The molecule has 1 heterocycles. The van der Waals surface area contributed by atoms with Gasteiger partial charge in [-0.25, -0.2) is 17.2 Å². The van der Waals surface area contributed by atoms with Gasteiger partial charge in [0.1, 0.15) is 11.6 Å². The fourth-order valence-corrected chi connectivity index (χ4v) is 3.12. The van der Waals surface area contributed by atoms with Crippen LogP contribution in [0.4, 0.5) is 14.5 Å². The molecule has 2 aromatic rings. The number of aromatic nitrogens is 2. The molecule has 114 valence electrons. The molecule has 0 saturated carbocycles. The maximum Gasteiger partial charge on any atom is 0.248 e. The van der Waals surface area contributed by atoms with Gasteiger partial charge in [-0.3, -0.25) is 4.68 Å². The standard InChI is InChI=1S/C12H14F2N4O2S/c1-17-6-8(5-16-17)7-18(2)21(19,20)12-10(13)3-9(15)4-11(12)14/h3-6H,7,15H2,1-2H3. The Hall–Kier alpha value is -2.00. The van der Waals surface area contributed by atoms with Gasteiger partial charge in [0.05, 0.1) is 6.20 Å². The van der Waals surface area contributed by atoms with Crippen LogP contribution in [0.1, 0.15) is 5.56 Å². The number of aryl methyl sites for hydroxylation is 1. The van der Waals surface area contributed by atoms with E-state index in [1.54, 1.807) is 13.2 Å². The molecule has 9 heteroatoms. The fraction of sp³-hybridized carbons (Fsp3) is 0.250. The third-order valence-corrected chi connectivity index (χ3v) is 4.71. The van der Waals surface area contributed by atoms with Gasteiger partial charge in [0.15, 0.2) is 4.90 Å². The van der Waals surface area contributed by atoms with Crippen molar-refractivity contribution in [2.24, 2.45) is 7.05 Å². The lowest BCUT2D eigenvalue weighted by molar-refractivity contribution is 0.448. The van der Waals surface area contributed by atoms with Gasteiger partial charge in [-0.2, -0.15) is 9.40 Å². The highest BCUT2D eigenvalue weighted by Crippen LogP contribution is 2.25. The first-order chi connectivity index (χ1) is 9.71. The summed E-state index contributed by atoms with van der Waals surface area (Å²) in [7, 11) is -1.40. The highest BCUT2D eigenvalue weighted by atomic mass is 32.2. The number of nitrogen functional groups attached to an aromatic ring is 1. The lowest BCUT2D eigenvalue weighted by Crippen LogP contribution is -2.28. The number of nitrogens with two attached hydrogens (primary N) is 1. The molecular formula is C12H14F2N4O2S. The molecule has 6 nitrogen and oxygen atoms in total. The molecule has 2 N–H and O–H groups in total. The first kappa shape index (κ1) is 15.4. The Morgan fingerprint density at radius 2 is 1.90 bits per heavy atom. The predicted molar refractivity (Wildman–Crippen MR) is 72.6 cm³/mol. The molecule has 0 aliphatic rings.